The number of nitrogens with zero attached hydrogens (tertiary/aromatic N) is 4. The van der Waals surface area contributed by atoms with E-state index in [0.717, 1.165) is 24.3 Å². The molecule has 1 unspecified atom stereocenters. The summed E-state index contributed by atoms with van der Waals surface area (Å²) in [5, 5.41) is 29.9. The van der Waals surface area contributed by atoms with Crippen LogP contribution in [0.3, 0.4) is 0 Å². The molecule has 0 saturated heterocycles. The number of aliphatic hydroxyl groups excluding tert-OH is 1. The van der Waals surface area contributed by atoms with Crippen molar-refractivity contribution in [1.29, 1.82) is 0 Å². The van der Waals surface area contributed by atoms with E-state index in [-0.39, 0.29) is 78.5 Å². The number of amides is 1. The van der Waals surface area contributed by atoms with Gasteiger partial charge in [-0.15, -0.1) is 22.7 Å². The van der Waals surface area contributed by atoms with Crippen molar-refractivity contribution in [2.75, 3.05) is 0 Å². The number of halogens is 6. The third-order valence-electron chi connectivity index (χ3n) is 9.57. The van der Waals surface area contributed by atoms with Crippen molar-refractivity contribution >= 4 is 82.8 Å². The lowest BCUT2D eigenvalue weighted by Gasteiger charge is -2.16. The van der Waals surface area contributed by atoms with Crippen LogP contribution in [0.25, 0.3) is 65.0 Å². The molecule has 296 valence electrons. The van der Waals surface area contributed by atoms with Crippen LogP contribution >= 0.6 is 22.7 Å². The molecule has 1 amide bonds. The Morgan fingerprint density at radius 2 is 1.14 bits per heavy atom. The number of fused-ring (bicyclic) bond motifs is 4. The molecule has 0 aliphatic rings. The predicted molar refractivity (Wildman–Crippen MR) is 203 cm³/mol. The molecule has 4 aromatic heterocycles. The molecule has 1 atom stereocenters. The van der Waals surface area contributed by atoms with Gasteiger partial charge in [-0.3, -0.25) is 4.79 Å². The minimum Gasteiger partial charge on any atom is -0.477 e. The molecule has 0 spiro atoms. The summed E-state index contributed by atoms with van der Waals surface area (Å²) in [7, 11) is 0. The number of primary amides is 1. The third-order valence-corrected chi connectivity index (χ3v) is 11.9. The number of carboxylic acid groups (broad SMARTS) is 2. The van der Waals surface area contributed by atoms with Gasteiger partial charge in [0, 0.05) is 38.8 Å². The number of carbonyl (C=O) groups excluding carboxylic acids is 1. The van der Waals surface area contributed by atoms with Crippen LogP contribution in [0.2, 0.25) is 0 Å². The molecule has 0 saturated carbocycles. The van der Waals surface area contributed by atoms with Crippen LogP contribution in [0.5, 0.6) is 0 Å². The molecule has 0 aliphatic carbocycles. The summed E-state index contributed by atoms with van der Waals surface area (Å²) >= 11 is 1.20. The fourth-order valence-electron chi connectivity index (χ4n) is 7.15. The highest BCUT2D eigenvalue weighted by atomic mass is 32.1. The molecule has 20 heteroatoms. The minimum absolute atomic E-state index is 0.00181. The number of alkyl halides is 6. The van der Waals surface area contributed by atoms with Crippen molar-refractivity contribution in [3.63, 3.8) is 0 Å². The van der Waals surface area contributed by atoms with Crippen molar-refractivity contribution < 1.29 is 56.0 Å². The third kappa shape index (κ3) is 6.29. The van der Waals surface area contributed by atoms with Crippen LogP contribution in [0.15, 0.2) is 72.8 Å². The second-order valence-corrected chi connectivity index (χ2v) is 15.1. The van der Waals surface area contributed by atoms with Crippen molar-refractivity contribution in [2.24, 2.45) is 11.5 Å². The molecule has 7 N–H and O–H groups in total. The number of thiophene rings is 2. The van der Waals surface area contributed by atoms with Crippen LogP contribution in [0.4, 0.5) is 26.3 Å². The molecule has 8 rings (SSSR count). The zero-order valence-electron chi connectivity index (χ0n) is 29.0. The van der Waals surface area contributed by atoms with E-state index in [9.17, 15) is 56.0 Å². The van der Waals surface area contributed by atoms with E-state index in [1.165, 1.54) is 57.7 Å². The molecule has 12 nitrogen and oxygen atoms in total. The van der Waals surface area contributed by atoms with Gasteiger partial charge in [-0.25, -0.2) is 19.6 Å². The lowest BCUT2D eigenvalue weighted by molar-refractivity contribution is -0.137. The Hall–Kier alpha value is -6.35. The van der Waals surface area contributed by atoms with Gasteiger partial charge in [-0.05, 0) is 60.2 Å². The first-order valence-corrected chi connectivity index (χ1v) is 18.4. The molecule has 4 heterocycles. The fraction of sp³-hybridized carbons (Fsp3) is 0.132. The summed E-state index contributed by atoms with van der Waals surface area (Å²) in [6.07, 6.45) is -11.3. The Morgan fingerprint density at radius 1 is 0.690 bits per heavy atom. The first kappa shape index (κ1) is 38.5. The van der Waals surface area contributed by atoms with Gasteiger partial charge < -0.3 is 35.9 Å². The van der Waals surface area contributed by atoms with Gasteiger partial charge in [0.15, 0.2) is 0 Å². The van der Waals surface area contributed by atoms with Gasteiger partial charge in [-0.2, -0.15) is 26.3 Å². The van der Waals surface area contributed by atoms with E-state index in [4.69, 9.17) is 11.5 Å². The largest absolute Gasteiger partial charge is 0.477 e. The molecular formula is C38H24F6N6O6S2. The summed E-state index contributed by atoms with van der Waals surface area (Å²) < 4.78 is 90.1. The maximum Gasteiger partial charge on any atom is 0.417 e. The number of aromatic carboxylic acids is 2. The lowest BCUT2D eigenvalue weighted by atomic mass is 10.0. The number of nitrogens with two attached hydrogens (primary N) is 2. The number of benzene rings is 4. The van der Waals surface area contributed by atoms with Gasteiger partial charge in [0.2, 0.25) is 5.91 Å². The summed E-state index contributed by atoms with van der Waals surface area (Å²) in [6.45, 7) is -0.545. The monoisotopic (exact) mass is 838 g/mol. The second-order valence-electron chi connectivity index (χ2n) is 13.0. The van der Waals surface area contributed by atoms with Crippen LogP contribution in [0.1, 0.15) is 52.6 Å². The van der Waals surface area contributed by atoms with Gasteiger partial charge >= 0.3 is 24.3 Å². The lowest BCUT2D eigenvalue weighted by Crippen LogP contribution is -2.13. The molecule has 0 radical (unpaired) electrons. The Labute approximate surface area is 327 Å². The van der Waals surface area contributed by atoms with Crippen LogP contribution in [-0.4, -0.2) is 52.3 Å². The summed E-state index contributed by atoms with van der Waals surface area (Å²) in [5.41, 5.74) is 8.99. The van der Waals surface area contributed by atoms with Gasteiger partial charge in [0.05, 0.1) is 44.3 Å². The summed E-state index contributed by atoms with van der Waals surface area (Å²) in [5.74, 6) is -4.42. The molecular weight excluding hydrogens is 815 g/mol. The number of rotatable bonds is 9. The number of aryl methyl sites for hydroxylation is 2. The topological polar surface area (TPSA) is 200 Å². The number of carbonyl (C=O) groups is 3. The van der Waals surface area contributed by atoms with Crippen LogP contribution in [-0.2, 0) is 25.4 Å². The van der Waals surface area contributed by atoms with Crippen LogP contribution in [0, 0.1) is 0 Å². The number of hydrogen-bond acceptors (Lipinski definition) is 9. The summed E-state index contributed by atoms with van der Waals surface area (Å²) in [4.78, 5) is 45.8. The number of hydrogen-bond donors (Lipinski definition) is 5. The van der Waals surface area contributed by atoms with Gasteiger partial charge in [0.25, 0.3) is 0 Å². The molecule has 58 heavy (non-hydrogen) atoms. The molecule has 4 aromatic carbocycles. The standard InChI is InChI=1S/C38H24F6N6O6S2/c39-37(40,41)17-3-1-5-23-25(17)27(29(57-23)35(53)54)33-47-19-13-15(31(45)51)7-9-21(19)49(33)11-12-50-22-10-8-16(32(46)52)14-20(22)48-34(50)28-26-18(38(42,43)44)4-2-6-24(26)58-30(28)36(55)56/h1-10,13-14,31,51H,11-12,45H2,(H2,46,52)(H,53,54)(H,55,56). The number of aromatic nitrogens is 4. The van der Waals surface area contributed by atoms with E-state index >= 15 is 0 Å². The first-order chi connectivity index (χ1) is 27.3. The Morgan fingerprint density at radius 3 is 1.55 bits per heavy atom. The van der Waals surface area contributed by atoms with Gasteiger partial charge in [-0.1, -0.05) is 18.2 Å². The Balaban J connectivity index is 1.41. The first-order valence-electron chi connectivity index (χ1n) is 16.8. The van der Waals surface area contributed by atoms with Gasteiger partial charge in [0.1, 0.15) is 27.6 Å². The average Bonchev–Trinajstić information content (AvgIpc) is 3.91. The smallest absolute Gasteiger partial charge is 0.417 e. The molecule has 0 aliphatic heterocycles. The van der Waals surface area contributed by atoms with Crippen molar-refractivity contribution in [3.05, 3.63) is 105 Å². The predicted octanol–water partition coefficient (Wildman–Crippen LogP) is 8.33. The molecule has 0 fully saturated rings. The maximum atomic E-state index is 14.6. The highest BCUT2D eigenvalue weighted by Gasteiger charge is 2.38. The van der Waals surface area contributed by atoms with E-state index in [1.54, 1.807) is 0 Å². The van der Waals surface area contributed by atoms with E-state index in [1.807, 2.05) is 0 Å². The normalized spacial score (nSPS) is 13.0. The quantitative estimate of drug-likeness (QED) is 0.0700. The number of imidazole rings is 2. The number of aliphatic hydroxyl groups is 1. The Bertz CT molecular complexity index is 3030. The fourth-order valence-corrected chi connectivity index (χ4v) is 9.27. The Kier molecular flexibility index (Phi) is 9.06. The van der Waals surface area contributed by atoms with E-state index in [0.29, 0.717) is 22.7 Å². The van der Waals surface area contributed by atoms with Crippen molar-refractivity contribution in [3.8, 4) is 22.8 Å². The maximum absolute atomic E-state index is 14.6. The number of carboxylic acids is 2. The van der Waals surface area contributed by atoms with E-state index in [2.05, 4.69) is 9.97 Å². The highest BCUT2D eigenvalue weighted by molar-refractivity contribution is 7.22. The zero-order valence-corrected chi connectivity index (χ0v) is 30.6. The van der Waals surface area contributed by atoms with Crippen LogP contribution < -0.4 is 11.5 Å². The van der Waals surface area contributed by atoms with Crippen molar-refractivity contribution in [1.82, 2.24) is 19.1 Å². The summed E-state index contributed by atoms with van der Waals surface area (Å²) in [6, 6.07) is 14.9. The SMILES string of the molecule is NC(=O)c1ccc2c(c1)nc(-c1c(C(=O)O)sc3cccc(C(F)(F)F)c13)n2CCn1c(-c2c(C(=O)O)sc3cccc(C(F)(F)F)c23)nc2cc(C(N)O)ccc21. The average molecular weight is 839 g/mol. The second kappa shape index (κ2) is 13.6. The minimum atomic E-state index is -4.93. The van der Waals surface area contributed by atoms with Crippen molar-refractivity contribution in [2.45, 2.75) is 31.7 Å². The highest BCUT2D eigenvalue weighted by Crippen LogP contribution is 2.48. The molecule has 8 aromatic rings. The van der Waals surface area contributed by atoms with E-state index < -0.39 is 68.1 Å². The zero-order chi connectivity index (χ0) is 41.6. The molecule has 0 bridgehead atoms.